The molecule has 120 valence electrons. The molecule has 1 unspecified atom stereocenters. The lowest BCUT2D eigenvalue weighted by Crippen LogP contribution is -2.42. The molecule has 21 heavy (non-hydrogen) atoms. The van der Waals surface area contributed by atoms with Gasteiger partial charge in [0, 0.05) is 51.7 Å². The molecule has 2 aliphatic rings. The molecule has 1 atom stereocenters. The van der Waals surface area contributed by atoms with Gasteiger partial charge < -0.3 is 15.5 Å². The molecule has 2 N–H and O–H groups in total. The molecular formula is C15H28N4O2. The van der Waals surface area contributed by atoms with Gasteiger partial charge in [-0.1, -0.05) is 6.92 Å². The number of nitrogens with zero attached hydrogens (tertiary/aromatic N) is 3. The fourth-order valence-corrected chi connectivity index (χ4v) is 3.02. The predicted molar refractivity (Wildman–Crippen MR) is 81.7 cm³/mol. The van der Waals surface area contributed by atoms with Gasteiger partial charge in [0.25, 0.3) is 0 Å². The molecule has 0 saturated carbocycles. The van der Waals surface area contributed by atoms with E-state index in [0.717, 1.165) is 52.0 Å². The zero-order chi connectivity index (χ0) is 15.2. The van der Waals surface area contributed by atoms with Crippen LogP contribution in [0.1, 0.15) is 26.2 Å². The highest BCUT2D eigenvalue weighted by Gasteiger charge is 2.25. The smallest absolute Gasteiger partial charge is 0.236 e. The lowest BCUT2D eigenvalue weighted by molar-refractivity contribution is -0.134. The fourth-order valence-electron chi connectivity index (χ4n) is 3.02. The Morgan fingerprint density at radius 3 is 2.29 bits per heavy atom. The molecular weight excluding hydrogens is 268 g/mol. The number of likely N-dealkylation sites (tertiary alicyclic amines) is 1. The van der Waals surface area contributed by atoms with Gasteiger partial charge in [-0.05, 0) is 19.3 Å². The molecule has 0 aromatic heterocycles. The lowest BCUT2D eigenvalue weighted by atomic mass is 10.1. The van der Waals surface area contributed by atoms with Crippen LogP contribution in [0.3, 0.4) is 0 Å². The Balaban J connectivity index is 1.80. The maximum Gasteiger partial charge on any atom is 0.236 e. The summed E-state index contributed by atoms with van der Waals surface area (Å²) in [5.74, 6) is 0.274. The first-order valence-corrected chi connectivity index (χ1v) is 8.11. The molecule has 0 aromatic carbocycles. The quantitative estimate of drug-likeness (QED) is 0.776. The van der Waals surface area contributed by atoms with Crippen molar-refractivity contribution in [3.8, 4) is 0 Å². The van der Waals surface area contributed by atoms with Crippen LogP contribution in [-0.4, -0.2) is 78.9 Å². The summed E-state index contributed by atoms with van der Waals surface area (Å²) in [4.78, 5) is 30.4. The molecule has 0 bridgehead atoms. The molecule has 0 radical (unpaired) electrons. The minimum atomic E-state index is -0.109. The van der Waals surface area contributed by atoms with Crippen LogP contribution in [0.25, 0.3) is 0 Å². The van der Waals surface area contributed by atoms with Gasteiger partial charge in [-0.15, -0.1) is 0 Å². The fraction of sp³-hybridized carbons (Fsp3) is 0.867. The van der Waals surface area contributed by atoms with Crippen LogP contribution in [0.4, 0.5) is 0 Å². The van der Waals surface area contributed by atoms with Crippen LogP contribution >= 0.6 is 0 Å². The molecule has 0 aromatic rings. The highest BCUT2D eigenvalue weighted by Crippen LogP contribution is 2.11. The summed E-state index contributed by atoms with van der Waals surface area (Å²) >= 11 is 0. The highest BCUT2D eigenvalue weighted by atomic mass is 16.2. The maximum atomic E-state index is 12.2. The first kappa shape index (κ1) is 16.2. The number of carbonyl (C=O) groups is 2. The number of hydrogen-bond acceptors (Lipinski definition) is 4. The summed E-state index contributed by atoms with van der Waals surface area (Å²) in [6, 6.07) is 0. The van der Waals surface area contributed by atoms with Gasteiger partial charge in [0.15, 0.2) is 0 Å². The largest absolute Gasteiger partial charge is 0.342 e. The molecule has 2 rings (SSSR count). The molecule has 2 amide bonds. The van der Waals surface area contributed by atoms with Crippen LogP contribution in [0.15, 0.2) is 0 Å². The van der Waals surface area contributed by atoms with Crippen molar-refractivity contribution in [1.29, 1.82) is 0 Å². The van der Waals surface area contributed by atoms with Crippen molar-refractivity contribution in [2.75, 3.05) is 52.4 Å². The van der Waals surface area contributed by atoms with Crippen molar-refractivity contribution in [3.63, 3.8) is 0 Å². The SMILES string of the molecule is CC(CN)C(=O)N1CCCN(CC(=O)N2CCCC2)CC1. The van der Waals surface area contributed by atoms with E-state index in [-0.39, 0.29) is 17.7 Å². The monoisotopic (exact) mass is 296 g/mol. The van der Waals surface area contributed by atoms with Crippen LogP contribution in [0.2, 0.25) is 0 Å². The van der Waals surface area contributed by atoms with Crippen molar-refractivity contribution >= 4 is 11.8 Å². The minimum absolute atomic E-state index is 0.109. The van der Waals surface area contributed by atoms with Crippen LogP contribution < -0.4 is 5.73 Å². The standard InChI is InChI=1S/C15H28N4O2/c1-13(11-16)15(21)19-8-4-5-17(9-10-19)12-14(20)18-6-2-3-7-18/h13H,2-12,16H2,1H3. The second-order valence-corrected chi connectivity index (χ2v) is 6.18. The van der Waals surface area contributed by atoms with Crippen LogP contribution in [0.5, 0.6) is 0 Å². The Labute approximate surface area is 127 Å². The normalized spacial score (nSPS) is 22.2. The average molecular weight is 296 g/mol. The second kappa shape index (κ2) is 7.75. The third-order valence-corrected chi connectivity index (χ3v) is 4.49. The number of nitrogens with two attached hydrogens (primary N) is 1. The van der Waals surface area contributed by atoms with E-state index in [2.05, 4.69) is 4.90 Å². The van der Waals surface area contributed by atoms with E-state index in [1.54, 1.807) is 0 Å². The lowest BCUT2D eigenvalue weighted by Gasteiger charge is -2.25. The van der Waals surface area contributed by atoms with E-state index in [9.17, 15) is 9.59 Å². The van der Waals surface area contributed by atoms with Gasteiger partial charge in [-0.25, -0.2) is 0 Å². The van der Waals surface area contributed by atoms with E-state index in [1.165, 1.54) is 0 Å². The van der Waals surface area contributed by atoms with Gasteiger partial charge in [0.05, 0.1) is 6.54 Å². The average Bonchev–Trinajstić information content (AvgIpc) is 2.93. The zero-order valence-electron chi connectivity index (χ0n) is 13.1. The summed E-state index contributed by atoms with van der Waals surface area (Å²) in [7, 11) is 0. The van der Waals surface area contributed by atoms with Crippen LogP contribution in [-0.2, 0) is 9.59 Å². The van der Waals surface area contributed by atoms with E-state index in [0.29, 0.717) is 19.6 Å². The van der Waals surface area contributed by atoms with Crippen LogP contribution in [0, 0.1) is 5.92 Å². The Bertz CT molecular complexity index is 369. The van der Waals surface area contributed by atoms with E-state index in [4.69, 9.17) is 5.73 Å². The second-order valence-electron chi connectivity index (χ2n) is 6.18. The first-order valence-electron chi connectivity index (χ1n) is 8.11. The van der Waals surface area contributed by atoms with Crippen molar-refractivity contribution in [2.45, 2.75) is 26.2 Å². The molecule has 6 nitrogen and oxygen atoms in total. The zero-order valence-corrected chi connectivity index (χ0v) is 13.1. The third kappa shape index (κ3) is 4.41. The molecule has 0 aliphatic carbocycles. The van der Waals surface area contributed by atoms with Crippen molar-refractivity contribution < 1.29 is 9.59 Å². The Morgan fingerprint density at radius 1 is 0.952 bits per heavy atom. The number of hydrogen-bond donors (Lipinski definition) is 1. The van der Waals surface area contributed by atoms with E-state index in [1.807, 2.05) is 16.7 Å². The summed E-state index contributed by atoms with van der Waals surface area (Å²) in [5.41, 5.74) is 5.57. The number of rotatable bonds is 4. The molecule has 2 saturated heterocycles. The topological polar surface area (TPSA) is 69.9 Å². The Morgan fingerprint density at radius 2 is 1.62 bits per heavy atom. The summed E-state index contributed by atoms with van der Waals surface area (Å²) in [6.07, 6.45) is 3.19. The van der Waals surface area contributed by atoms with Gasteiger partial charge in [0.2, 0.25) is 11.8 Å². The number of carbonyl (C=O) groups excluding carboxylic acids is 2. The summed E-state index contributed by atoms with van der Waals surface area (Å²) in [5, 5.41) is 0. The maximum absolute atomic E-state index is 12.2. The van der Waals surface area contributed by atoms with E-state index < -0.39 is 0 Å². The van der Waals surface area contributed by atoms with Crippen molar-refractivity contribution in [2.24, 2.45) is 11.7 Å². The highest BCUT2D eigenvalue weighted by molar-refractivity contribution is 5.79. The molecule has 2 fully saturated rings. The first-order chi connectivity index (χ1) is 10.1. The third-order valence-electron chi connectivity index (χ3n) is 4.49. The molecule has 2 heterocycles. The van der Waals surface area contributed by atoms with Gasteiger partial charge in [-0.3, -0.25) is 14.5 Å². The Hall–Kier alpha value is -1.14. The summed E-state index contributed by atoms with van der Waals surface area (Å²) in [6.45, 7) is 7.73. The number of amides is 2. The van der Waals surface area contributed by atoms with Gasteiger partial charge in [0.1, 0.15) is 0 Å². The minimum Gasteiger partial charge on any atom is -0.342 e. The predicted octanol–water partition coefficient (Wildman–Crippen LogP) is -0.262. The summed E-state index contributed by atoms with van der Waals surface area (Å²) < 4.78 is 0. The molecule has 0 spiro atoms. The van der Waals surface area contributed by atoms with Crippen molar-refractivity contribution in [1.82, 2.24) is 14.7 Å². The van der Waals surface area contributed by atoms with Gasteiger partial charge >= 0.3 is 0 Å². The molecule has 6 heteroatoms. The van der Waals surface area contributed by atoms with E-state index >= 15 is 0 Å². The Kier molecular flexibility index (Phi) is 5.99. The van der Waals surface area contributed by atoms with Crippen molar-refractivity contribution in [3.05, 3.63) is 0 Å². The molecule has 2 aliphatic heterocycles. The van der Waals surface area contributed by atoms with Gasteiger partial charge in [-0.2, -0.15) is 0 Å².